The standard InChI is InChI=1S/C12H8FN3O2/c13-8-4-2-1-3-7(8)10-11(17)15-9-5-6-14-16(9)12(10)18/h1-6,10H,(H,15,17). The summed E-state index contributed by atoms with van der Waals surface area (Å²) < 4.78 is 14.7. The molecule has 0 fully saturated rings. The van der Waals surface area contributed by atoms with Crippen LogP contribution in [0.3, 0.4) is 0 Å². The lowest BCUT2D eigenvalue weighted by atomic mass is 9.95. The second kappa shape index (κ2) is 3.76. The monoisotopic (exact) mass is 245 g/mol. The largest absolute Gasteiger partial charge is 0.309 e. The van der Waals surface area contributed by atoms with Crippen LogP contribution in [0.25, 0.3) is 0 Å². The maximum atomic E-state index is 13.7. The van der Waals surface area contributed by atoms with Crippen LogP contribution < -0.4 is 5.32 Å². The Balaban J connectivity index is 2.12. The van der Waals surface area contributed by atoms with Gasteiger partial charge in [-0.3, -0.25) is 9.59 Å². The zero-order chi connectivity index (χ0) is 12.7. The fourth-order valence-corrected chi connectivity index (χ4v) is 1.99. The maximum Gasteiger partial charge on any atom is 0.265 e. The summed E-state index contributed by atoms with van der Waals surface area (Å²) in [6, 6.07) is 7.23. The molecule has 0 saturated carbocycles. The topological polar surface area (TPSA) is 64.0 Å². The Labute approximate surface area is 101 Å². The lowest BCUT2D eigenvalue weighted by Gasteiger charge is -2.22. The number of anilines is 1. The van der Waals surface area contributed by atoms with E-state index in [1.807, 2.05) is 0 Å². The van der Waals surface area contributed by atoms with Crippen molar-refractivity contribution in [3.8, 4) is 0 Å². The Bertz CT molecular complexity index is 650. The average Bonchev–Trinajstić information content (AvgIpc) is 2.79. The van der Waals surface area contributed by atoms with Crippen molar-refractivity contribution in [3.63, 3.8) is 0 Å². The molecule has 2 aromatic rings. The van der Waals surface area contributed by atoms with Crippen LogP contribution in [0.5, 0.6) is 0 Å². The molecule has 6 heteroatoms. The number of amides is 1. The summed E-state index contributed by atoms with van der Waals surface area (Å²) in [4.78, 5) is 24.0. The molecule has 3 rings (SSSR count). The van der Waals surface area contributed by atoms with E-state index < -0.39 is 23.5 Å². The van der Waals surface area contributed by atoms with Crippen molar-refractivity contribution in [2.24, 2.45) is 0 Å². The van der Waals surface area contributed by atoms with Crippen LogP contribution in [-0.4, -0.2) is 21.6 Å². The van der Waals surface area contributed by atoms with Crippen molar-refractivity contribution >= 4 is 17.6 Å². The van der Waals surface area contributed by atoms with Gasteiger partial charge < -0.3 is 5.32 Å². The maximum absolute atomic E-state index is 13.7. The van der Waals surface area contributed by atoms with Gasteiger partial charge in [0.1, 0.15) is 17.6 Å². The minimum absolute atomic E-state index is 0.0566. The van der Waals surface area contributed by atoms with Gasteiger partial charge in [-0.25, -0.2) is 4.39 Å². The van der Waals surface area contributed by atoms with Crippen LogP contribution in [0.15, 0.2) is 36.5 Å². The van der Waals surface area contributed by atoms with Gasteiger partial charge in [-0.15, -0.1) is 0 Å². The van der Waals surface area contributed by atoms with Crippen molar-refractivity contribution < 1.29 is 14.0 Å². The highest BCUT2D eigenvalue weighted by Gasteiger charge is 2.37. The molecule has 0 saturated heterocycles. The van der Waals surface area contributed by atoms with E-state index >= 15 is 0 Å². The van der Waals surface area contributed by atoms with E-state index in [-0.39, 0.29) is 5.56 Å². The van der Waals surface area contributed by atoms with Gasteiger partial charge in [0.25, 0.3) is 5.91 Å². The minimum Gasteiger partial charge on any atom is -0.309 e. The molecular formula is C12H8FN3O2. The normalized spacial score (nSPS) is 18.4. The van der Waals surface area contributed by atoms with Crippen LogP contribution in [-0.2, 0) is 4.79 Å². The highest BCUT2D eigenvalue weighted by molar-refractivity contribution is 6.15. The Morgan fingerprint density at radius 1 is 1.22 bits per heavy atom. The molecule has 0 aliphatic carbocycles. The summed E-state index contributed by atoms with van der Waals surface area (Å²) in [5, 5.41) is 6.33. The van der Waals surface area contributed by atoms with Crippen LogP contribution in [0.4, 0.5) is 10.2 Å². The van der Waals surface area contributed by atoms with Gasteiger partial charge >= 0.3 is 0 Å². The highest BCUT2D eigenvalue weighted by atomic mass is 19.1. The number of carbonyl (C=O) groups excluding carboxylic acids is 2. The first-order valence-corrected chi connectivity index (χ1v) is 5.32. The minimum atomic E-state index is -1.20. The van der Waals surface area contributed by atoms with E-state index in [4.69, 9.17) is 0 Å². The van der Waals surface area contributed by atoms with Crippen molar-refractivity contribution in [1.29, 1.82) is 0 Å². The van der Waals surface area contributed by atoms with Gasteiger partial charge in [0.2, 0.25) is 5.91 Å². The molecule has 1 unspecified atom stereocenters. The van der Waals surface area contributed by atoms with Crippen LogP contribution in [0, 0.1) is 5.82 Å². The fraction of sp³-hybridized carbons (Fsp3) is 0.0833. The lowest BCUT2D eigenvalue weighted by Crippen LogP contribution is -2.38. The lowest BCUT2D eigenvalue weighted by molar-refractivity contribution is -0.117. The molecule has 18 heavy (non-hydrogen) atoms. The molecule has 1 aromatic heterocycles. The summed E-state index contributed by atoms with van der Waals surface area (Å²) in [6.45, 7) is 0. The molecule has 90 valence electrons. The van der Waals surface area contributed by atoms with Crippen molar-refractivity contribution in [1.82, 2.24) is 9.78 Å². The number of fused-ring (bicyclic) bond motifs is 1. The second-order valence-electron chi connectivity index (χ2n) is 3.91. The number of halogens is 1. The smallest absolute Gasteiger partial charge is 0.265 e. The third kappa shape index (κ3) is 1.42. The third-order valence-electron chi connectivity index (χ3n) is 2.83. The van der Waals surface area contributed by atoms with Gasteiger partial charge in [-0.2, -0.15) is 9.78 Å². The van der Waals surface area contributed by atoms with Gasteiger partial charge in [0, 0.05) is 11.6 Å². The Morgan fingerprint density at radius 2 is 2.00 bits per heavy atom. The van der Waals surface area contributed by atoms with Gasteiger partial charge in [-0.1, -0.05) is 18.2 Å². The van der Waals surface area contributed by atoms with Crippen molar-refractivity contribution in [3.05, 3.63) is 47.9 Å². The van der Waals surface area contributed by atoms with E-state index in [1.54, 1.807) is 6.07 Å². The number of carbonyl (C=O) groups is 2. The summed E-state index contributed by atoms with van der Waals surface area (Å²) in [5.41, 5.74) is 0.0566. The molecule has 5 nitrogen and oxygen atoms in total. The molecule has 0 radical (unpaired) electrons. The first kappa shape index (κ1) is 10.6. The zero-order valence-corrected chi connectivity index (χ0v) is 9.13. The third-order valence-corrected chi connectivity index (χ3v) is 2.83. The van der Waals surface area contributed by atoms with E-state index in [1.165, 1.54) is 30.5 Å². The van der Waals surface area contributed by atoms with Gasteiger partial charge in [0.05, 0.1) is 6.20 Å². The first-order chi connectivity index (χ1) is 8.68. The van der Waals surface area contributed by atoms with Crippen molar-refractivity contribution in [2.45, 2.75) is 5.92 Å². The summed E-state index contributed by atoms with van der Waals surface area (Å²) in [6.07, 6.45) is 1.40. The molecule has 1 aliphatic heterocycles. The van der Waals surface area contributed by atoms with E-state index in [9.17, 15) is 14.0 Å². The summed E-state index contributed by atoms with van der Waals surface area (Å²) in [7, 11) is 0. The molecule has 1 aromatic carbocycles. The van der Waals surface area contributed by atoms with Crippen LogP contribution in [0.2, 0.25) is 0 Å². The predicted molar refractivity (Wildman–Crippen MR) is 60.6 cm³/mol. The number of aromatic nitrogens is 2. The molecule has 1 atom stereocenters. The van der Waals surface area contributed by atoms with Gasteiger partial charge in [0.15, 0.2) is 0 Å². The van der Waals surface area contributed by atoms with Crippen molar-refractivity contribution in [2.75, 3.05) is 5.32 Å². The SMILES string of the molecule is O=C1Nc2ccnn2C(=O)C1c1ccccc1F. The number of rotatable bonds is 1. The highest BCUT2D eigenvalue weighted by Crippen LogP contribution is 2.27. The van der Waals surface area contributed by atoms with E-state index in [0.29, 0.717) is 5.82 Å². The number of nitrogens with zero attached hydrogens (tertiary/aromatic N) is 2. The Morgan fingerprint density at radius 3 is 2.78 bits per heavy atom. The predicted octanol–water partition coefficient (Wildman–Crippen LogP) is 1.40. The summed E-state index contributed by atoms with van der Waals surface area (Å²) >= 11 is 0. The summed E-state index contributed by atoms with van der Waals surface area (Å²) in [5.74, 6) is -2.57. The Hall–Kier alpha value is -2.50. The number of hydrogen-bond donors (Lipinski definition) is 1. The molecule has 2 heterocycles. The molecule has 1 N–H and O–H groups in total. The van der Waals surface area contributed by atoms with E-state index in [2.05, 4.69) is 10.4 Å². The van der Waals surface area contributed by atoms with Crippen LogP contribution >= 0.6 is 0 Å². The quantitative estimate of drug-likeness (QED) is 0.772. The first-order valence-electron chi connectivity index (χ1n) is 5.32. The molecule has 0 bridgehead atoms. The Kier molecular flexibility index (Phi) is 2.22. The number of nitrogens with one attached hydrogen (secondary N) is 1. The second-order valence-corrected chi connectivity index (χ2v) is 3.91. The molecule has 0 spiro atoms. The number of hydrogen-bond acceptors (Lipinski definition) is 3. The van der Waals surface area contributed by atoms with Gasteiger partial charge in [-0.05, 0) is 6.07 Å². The van der Waals surface area contributed by atoms with Crippen LogP contribution in [0.1, 0.15) is 16.3 Å². The molecular weight excluding hydrogens is 237 g/mol. The zero-order valence-electron chi connectivity index (χ0n) is 9.13. The average molecular weight is 245 g/mol. The van der Waals surface area contributed by atoms with E-state index in [0.717, 1.165) is 4.68 Å². The molecule has 1 aliphatic rings. The molecule has 1 amide bonds. The fourth-order valence-electron chi connectivity index (χ4n) is 1.99. The number of benzene rings is 1.